The molecule has 52 valence electrons. The van der Waals surface area contributed by atoms with Crippen LogP contribution < -0.4 is 0 Å². The first-order valence-corrected chi connectivity index (χ1v) is 15.9. The van der Waals surface area contributed by atoms with Crippen molar-refractivity contribution in [1.29, 1.82) is 0 Å². The van der Waals surface area contributed by atoms with Gasteiger partial charge >= 0.3 is 63.0 Å². The van der Waals surface area contributed by atoms with Gasteiger partial charge in [-0.2, -0.15) is 0 Å². The van der Waals surface area contributed by atoms with Gasteiger partial charge in [-0.25, -0.2) is 0 Å². The SMILES string of the molecule is C[CH2][Sb]([Cl])([Cl])([Cl])[CH2]C. The first kappa shape index (κ1) is 9.69. The standard InChI is InChI=1S/2C2H5.3ClH.Sb/c2*1-2;;;;/h2*1H2,2H3;3*1H;/q;;;;;+3/p-3. The Morgan fingerprint density at radius 2 is 1.25 bits per heavy atom. The molecule has 0 fully saturated rings. The zero-order valence-electron chi connectivity index (χ0n) is 5.00. The van der Waals surface area contributed by atoms with Gasteiger partial charge in [0.2, 0.25) is 0 Å². The molecule has 0 aliphatic carbocycles. The molecule has 0 amide bonds. The van der Waals surface area contributed by atoms with E-state index in [4.69, 9.17) is 26.5 Å². The van der Waals surface area contributed by atoms with E-state index in [1.165, 1.54) is 0 Å². The molecule has 0 heterocycles. The summed E-state index contributed by atoms with van der Waals surface area (Å²) >= 11 is -3.39. The molecule has 8 heavy (non-hydrogen) atoms. The second-order valence-electron chi connectivity index (χ2n) is 1.76. The summed E-state index contributed by atoms with van der Waals surface area (Å²) in [6, 6.07) is 0. The molecule has 0 radical (unpaired) electrons. The second kappa shape index (κ2) is 2.74. The third-order valence-corrected chi connectivity index (χ3v) is 17.4. The van der Waals surface area contributed by atoms with Crippen molar-refractivity contribution in [3.63, 3.8) is 0 Å². The molecule has 0 spiro atoms. The van der Waals surface area contributed by atoms with Crippen LogP contribution >= 0.6 is 26.5 Å². The van der Waals surface area contributed by atoms with Crippen LogP contribution in [0.3, 0.4) is 0 Å². The van der Waals surface area contributed by atoms with E-state index in [9.17, 15) is 0 Å². The predicted octanol–water partition coefficient (Wildman–Crippen LogP) is 3.64. The van der Waals surface area contributed by atoms with E-state index in [-0.39, 0.29) is 0 Å². The second-order valence-corrected chi connectivity index (χ2v) is 31.7. The fourth-order valence-corrected chi connectivity index (χ4v) is 1.50. The first-order chi connectivity index (χ1) is 3.39. The van der Waals surface area contributed by atoms with Gasteiger partial charge in [0, 0.05) is 0 Å². The van der Waals surface area contributed by atoms with Crippen LogP contribution in [0.2, 0.25) is 8.73 Å². The molecule has 4 heteroatoms. The predicted molar refractivity (Wildman–Crippen MR) is 44.3 cm³/mol. The molecule has 0 saturated carbocycles. The van der Waals surface area contributed by atoms with E-state index in [0.29, 0.717) is 0 Å². The van der Waals surface area contributed by atoms with E-state index in [0.717, 1.165) is 8.73 Å². The summed E-state index contributed by atoms with van der Waals surface area (Å²) in [5.74, 6) is 0. The average molecular weight is 286 g/mol. The topological polar surface area (TPSA) is 0 Å². The van der Waals surface area contributed by atoms with Crippen LogP contribution in [-0.2, 0) is 0 Å². The van der Waals surface area contributed by atoms with Crippen LogP contribution in [0.4, 0.5) is 0 Å². The van der Waals surface area contributed by atoms with Gasteiger partial charge in [-0.3, -0.25) is 0 Å². The van der Waals surface area contributed by atoms with Crippen LogP contribution in [0.1, 0.15) is 13.8 Å². The van der Waals surface area contributed by atoms with Gasteiger partial charge in [0.25, 0.3) is 0 Å². The summed E-state index contributed by atoms with van der Waals surface area (Å²) in [6.07, 6.45) is 0. The maximum absolute atomic E-state index is 5.89. The third-order valence-electron chi connectivity index (χ3n) is 1.16. The molecule has 0 aromatic rings. The molecule has 0 aliphatic rings. The maximum atomic E-state index is 5.89. The Kier molecular flexibility index (Phi) is 3.32. The summed E-state index contributed by atoms with van der Waals surface area (Å²) in [4.78, 5) is 0. The zero-order chi connectivity index (χ0) is 6.86. The molecule has 0 atom stereocenters. The molecule has 0 rings (SSSR count). The molecule has 0 aliphatic heterocycles. The van der Waals surface area contributed by atoms with Crippen molar-refractivity contribution < 1.29 is 0 Å². The molecule has 0 nitrogen and oxygen atoms in total. The Morgan fingerprint density at radius 1 is 1.00 bits per heavy atom. The monoisotopic (exact) mass is 284 g/mol. The molecular weight excluding hydrogens is 276 g/mol. The Labute approximate surface area is 62.6 Å². The number of rotatable bonds is 2. The van der Waals surface area contributed by atoms with Crippen molar-refractivity contribution in [1.82, 2.24) is 0 Å². The third kappa shape index (κ3) is 3.66. The van der Waals surface area contributed by atoms with Crippen LogP contribution in [-0.4, -0.2) is 14.0 Å². The van der Waals surface area contributed by atoms with Crippen LogP contribution in [0.5, 0.6) is 0 Å². The summed E-state index contributed by atoms with van der Waals surface area (Å²) < 4.78 is 1.52. The quantitative estimate of drug-likeness (QED) is 0.680. The van der Waals surface area contributed by atoms with E-state index in [1.807, 2.05) is 13.8 Å². The van der Waals surface area contributed by atoms with Gasteiger partial charge in [0.1, 0.15) is 0 Å². The molecule has 0 N–H and O–H groups in total. The minimum atomic E-state index is -3.39. The fraction of sp³-hybridized carbons (Fsp3) is 1.00. The van der Waals surface area contributed by atoms with Gasteiger partial charge in [0.15, 0.2) is 0 Å². The first-order valence-electron chi connectivity index (χ1n) is 2.55. The van der Waals surface area contributed by atoms with Crippen molar-refractivity contribution in [3.8, 4) is 0 Å². The van der Waals surface area contributed by atoms with E-state index >= 15 is 0 Å². The fourth-order valence-electron chi connectivity index (χ4n) is 0.224. The van der Waals surface area contributed by atoms with Crippen LogP contribution in [0, 0.1) is 0 Å². The summed E-state index contributed by atoms with van der Waals surface area (Å²) in [5.41, 5.74) is 0. The van der Waals surface area contributed by atoms with E-state index in [2.05, 4.69) is 0 Å². The Bertz CT molecular complexity index is 75.0. The van der Waals surface area contributed by atoms with E-state index in [1.54, 1.807) is 0 Å². The average Bonchev–Trinajstić information content (AvgIpc) is 1.68. The van der Waals surface area contributed by atoms with Gasteiger partial charge in [-0.15, -0.1) is 0 Å². The number of halogens is 3. The summed E-state index contributed by atoms with van der Waals surface area (Å²) in [7, 11) is 17.7. The Morgan fingerprint density at radius 3 is 1.25 bits per heavy atom. The van der Waals surface area contributed by atoms with E-state index < -0.39 is 14.0 Å². The normalized spacial score (nSPS) is 17.4. The molecule has 0 aromatic heterocycles. The zero-order valence-corrected chi connectivity index (χ0v) is 9.82. The summed E-state index contributed by atoms with van der Waals surface area (Å²) in [5, 5.41) is 0. The number of hydrogen-bond donors (Lipinski definition) is 0. The minimum absolute atomic E-state index is 0.758. The van der Waals surface area contributed by atoms with Crippen molar-refractivity contribution in [2.45, 2.75) is 22.6 Å². The van der Waals surface area contributed by atoms with Crippen molar-refractivity contribution >= 4 is 40.5 Å². The van der Waals surface area contributed by atoms with Crippen LogP contribution in [0.25, 0.3) is 0 Å². The molecule has 0 bridgehead atoms. The molecule has 0 saturated heterocycles. The summed E-state index contributed by atoms with van der Waals surface area (Å²) in [6.45, 7) is 3.89. The van der Waals surface area contributed by atoms with Gasteiger partial charge in [-0.05, 0) is 0 Å². The number of hydrogen-bond acceptors (Lipinski definition) is 0. The Hall–Kier alpha value is 1.69. The van der Waals surface area contributed by atoms with Crippen LogP contribution in [0.15, 0.2) is 0 Å². The van der Waals surface area contributed by atoms with Gasteiger partial charge in [-0.1, -0.05) is 0 Å². The molecule has 0 unspecified atom stereocenters. The van der Waals surface area contributed by atoms with Gasteiger partial charge in [0.05, 0.1) is 0 Å². The Balaban J connectivity index is 3.99. The van der Waals surface area contributed by atoms with Crippen molar-refractivity contribution in [3.05, 3.63) is 0 Å². The molecular formula is C4H10Cl3Sb. The van der Waals surface area contributed by atoms with Crippen molar-refractivity contribution in [2.24, 2.45) is 0 Å². The van der Waals surface area contributed by atoms with Gasteiger partial charge < -0.3 is 0 Å². The molecule has 0 aromatic carbocycles. The van der Waals surface area contributed by atoms with Crippen molar-refractivity contribution in [2.75, 3.05) is 0 Å².